The van der Waals surface area contributed by atoms with Crippen molar-refractivity contribution in [3.05, 3.63) is 95.6 Å². The molecule has 1 N–H and O–H groups in total. The highest BCUT2D eigenvalue weighted by Crippen LogP contribution is 2.49. The van der Waals surface area contributed by atoms with Crippen LogP contribution >= 0.6 is 0 Å². The van der Waals surface area contributed by atoms with Gasteiger partial charge in [-0.3, -0.25) is 4.79 Å². The summed E-state index contributed by atoms with van der Waals surface area (Å²) >= 11 is 0. The van der Waals surface area contributed by atoms with Crippen molar-refractivity contribution in [3.8, 4) is 0 Å². The third kappa shape index (κ3) is 6.68. The molecule has 0 aliphatic carbocycles. The highest BCUT2D eigenvalue weighted by atomic mass is 32.2. The molecule has 1 unspecified atom stereocenters. The number of sulfone groups is 1. The lowest BCUT2D eigenvalue weighted by molar-refractivity contribution is -0.240. The molecule has 0 heterocycles. The van der Waals surface area contributed by atoms with Gasteiger partial charge in [-0.1, -0.05) is 61.5 Å². The van der Waals surface area contributed by atoms with Crippen LogP contribution in [0.15, 0.2) is 83.8 Å². The van der Waals surface area contributed by atoms with E-state index in [0.717, 1.165) is 0 Å². The number of rotatable bonds is 9. The van der Waals surface area contributed by atoms with Gasteiger partial charge in [0, 0.05) is 5.69 Å². The first kappa shape index (κ1) is 28.6. The quantitative estimate of drug-likeness (QED) is 0.317. The fraction of sp³-hybridized carbons (Fsp3) is 0.296. The van der Waals surface area contributed by atoms with Crippen molar-refractivity contribution in [2.24, 2.45) is 0 Å². The zero-order valence-electron chi connectivity index (χ0n) is 21.1. The third-order valence-corrected chi connectivity index (χ3v) is 8.31. The minimum Gasteiger partial charge on any atom is -0.397 e. The molecule has 0 fully saturated rings. The molecule has 5 nitrogen and oxygen atoms in total. The molecule has 198 valence electrons. The summed E-state index contributed by atoms with van der Waals surface area (Å²) < 4.78 is 74.0. The Morgan fingerprint density at radius 1 is 0.865 bits per heavy atom. The minimum absolute atomic E-state index is 0.0183. The van der Waals surface area contributed by atoms with E-state index in [1.807, 2.05) is 0 Å². The molecule has 0 bridgehead atoms. The smallest absolute Gasteiger partial charge is 0.397 e. The highest BCUT2D eigenvalue weighted by molar-refractivity contribution is 7.91. The number of halogens is 3. The Kier molecular flexibility index (Phi) is 8.36. The van der Waals surface area contributed by atoms with Crippen LogP contribution in [0.2, 0.25) is 19.6 Å². The lowest BCUT2D eigenvalue weighted by atomic mass is 9.85. The molecular weight excluding hydrogens is 519 g/mol. The number of hydrogen-bond acceptors (Lipinski definition) is 4. The fourth-order valence-corrected chi connectivity index (χ4v) is 6.12. The van der Waals surface area contributed by atoms with Gasteiger partial charge in [-0.2, -0.15) is 13.2 Å². The van der Waals surface area contributed by atoms with Crippen molar-refractivity contribution in [3.63, 3.8) is 0 Å². The number of anilines is 1. The van der Waals surface area contributed by atoms with E-state index in [4.69, 9.17) is 4.43 Å². The van der Waals surface area contributed by atoms with E-state index >= 15 is 0 Å². The summed E-state index contributed by atoms with van der Waals surface area (Å²) in [6.07, 6.45) is -4.76. The Morgan fingerprint density at radius 2 is 1.41 bits per heavy atom. The lowest BCUT2D eigenvalue weighted by Crippen LogP contribution is -2.51. The van der Waals surface area contributed by atoms with E-state index in [2.05, 4.69) is 5.32 Å². The third-order valence-electron chi connectivity index (χ3n) is 5.64. The average Bonchev–Trinajstić information content (AvgIpc) is 2.82. The lowest BCUT2D eigenvalue weighted by Gasteiger charge is -2.41. The molecule has 0 spiro atoms. The van der Waals surface area contributed by atoms with Crippen LogP contribution in [0.1, 0.15) is 23.6 Å². The number of hydrogen-bond donors (Lipinski definition) is 1. The Bertz CT molecular complexity index is 1320. The molecule has 0 aliphatic heterocycles. The highest BCUT2D eigenvalue weighted by Gasteiger charge is 2.60. The summed E-state index contributed by atoms with van der Waals surface area (Å²) in [5, 5.41) is 2.68. The molecule has 3 rings (SSSR count). The molecule has 10 heteroatoms. The maximum Gasteiger partial charge on any atom is 0.425 e. The zero-order chi connectivity index (χ0) is 27.5. The summed E-state index contributed by atoms with van der Waals surface area (Å²) in [5.41, 5.74) is -1.82. The molecule has 0 radical (unpaired) electrons. The van der Waals surface area contributed by atoms with Gasteiger partial charge in [-0.05, 0) is 60.6 Å². The van der Waals surface area contributed by atoms with Crippen molar-refractivity contribution in [1.82, 2.24) is 0 Å². The van der Waals surface area contributed by atoms with Gasteiger partial charge >= 0.3 is 6.18 Å². The number of amides is 1. The van der Waals surface area contributed by atoms with Crippen molar-refractivity contribution in [2.75, 3.05) is 11.1 Å². The maximum atomic E-state index is 14.7. The SMILES string of the molecule is CCS(=O)(=O)c1ccc(CC(=O)Nc2ccc(C(O[Si](C)(C)C)(c3ccccc3)C(F)(F)F)cc2)cc1. The van der Waals surface area contributed by atoms with Gasteiger partial charge in [0.05, 0.1) is 17.1 Å². The summed E-state index contributed by atoms with van der Waals surface area (Å²) in [6.45, 7) is 6.66. The number of nitrogens with one attached hydrogen (secondary N) is 1. The standard InChI is InChI=1S/C27H30F3NO4SSi/c1-5-36(33,34)24-17-11-20(12-18-24)19-25(32)31-23-15-13-22(14-16-23)26(27(28,29)30,35-37(2,3)4)21-9-7-6-8-10-21/h6-18H,5,19H2,1-4H3,(H,31,32). The van der Waals surface area contributed by atoms with Crippen molar-refractivity contribution in [1.29, 1.82) is 0 Å². The molecular formula is C27H30F3NO4SSi. The molecule has 0 saturated heterocycles. The average molecular weight is 550 g/mol. The molecule has 0 saturated carbocycles. The van der Waals surface area contributed by atoms with Crippen LogP contribution in [-0.4, -0.2) is 34.6 Å². The van der Waals surface area contributed by atoms with Gasteiger partial charge < -0.3 is 9.74 Å². The van der Waals surface area contributed by atoms with Crippen molar-refractivity contribution in [2.45, 2.75) is 49.7 Å². The number of carbonyl (C=O) groups excluding carboxylic acids is 1. The van der Waals surface area contributed by atoms with Gasteiger partial charge in [0.1, 0.15) is 0 Å². The first-order chi connectivity index (χ1) is 17.2. The normalized spacial score (nSPS) is 14.1. The molecule has 1 atom stereocenters. The summed E-state index contributed by atoms with van der Waals surface area (Å²) in [7, 11) is -6.04. The van der Waals surface area contributed by atoms with Crippen LogP contribution in [-0.2, 0) is 31.1 Å². The van der Waals surface area contributed by atoms with Gasteiger partial charge in [0.2, 0.25) is 11.5 Å². The zero-order valence-corrected chi connectivity index (χ0v) is 22.9. The van der Waals surface area contributed by atoms with Gasteiger partial charge in [0.15, 0.2) is 18.2 Å². The molecule has 0 aliphatic rings. The Morgan fingerprint density at radius 3 is 1.89 bits per heavy atom. The fourth-order valence-electron chi connectivity index (χ4n) is 3.96. The van der Waals surface area contributed by atoms with Crippen LogP contribution in [0.25, 0.3) is 0 Å². The van der Waals surface area contributed by atoms with Crippen LogP contribution in [0.5, 0.6) is 0 Å². The van der Waals surface area contributed by atoms with Gasteiger partial charge in [0.25, 0.3) is 0 Å². The Balaban J connectivity index is 1.86. The van der Waals surface area contributed by atoms with E-state index in [-0.39, 0.29) is 34.1 Å². The predicted octanol–water partition coefficient (Wildman–Crippen LogP) is 6.32. The molecule has 3 aromatic rings. The van der Waals surface area contributed by atoms with Crippen molar-refractivity contribution < 1.29 is 30.8 Å². The van der Waals surface area contributed by atoms with Gasteiger partial charge in [-0.25, -0.2) is 8.42 Å². The molecule has 0 aromatic heterocycles. The summed E-state index contributed by atoms with van der Waals surface area (Å²) in [5.74, 6) is -0.409. The number of alkyl halides is 3. The van der Waals surface area contributed by atoms with E-state index in [0.29, 0.717) is 11.3 Å². The minimum atomic E-state index is -4.74. The van der Waals surface area contributed by atoms with E-state index in [1.165, 1.54) is 48.5 Å². The number of benzene rings is 3. The van der Waals surface area contributed by atoms with E-state index in [1.54, 1.807) is 56.9 Å². The summed E-state index contributed by atoms with van der Waals surface area (Å²) in [4.78, 5) is 12.7. The number of carbonyl (C=O) groups is 1. The van der Waals surface area contributed by atoms with Crippen LogP contribution in [0.4, 0.5) is 18.9 Å². The molecule has 1 amide bonds. The second-order valence-electron chi connectivity index (χ2n) is 9.61. The first-order valence-electron chi connectivity index (χ1n) is 11.7. The van der Waals surface area contributed by atoms with E-state index < -0.39 is 29.9 Å². The van der Waals surface area contributed by atoms with Crippen molar-refractivity contribution >= 4 is 29.7 Å². The second kappa shape index (κ2) is 10.8. The van der Waals surface area contributed by atoms with Crippen LogP contribution < -0.4 is 5.32 Å². The van der Waals surface area contributed by atoms with Gasteiger partial charge in [-0.15, -0.1) is 0 Å². The largest absolute Gasteiger partial charge is 0.425 e. The van der Waals surface area contributed by atoms with Crippen LogP contribution in [0, 0.1) is 0 Å². The topological polar surface area (TPSA) is 72.5 Å². The summed E-state index contributed by atoms with van der Waals surface area (Å²) in [6, 6.07) is 19.1. The maximum absolute atomic E-state index is 14.7. The Hall–Kier alpha value is -2.95. The van der Waals surface area contributed by atoms with Crippen LogP contribution in [0.3, 0.4) is 0 Å². The first-order valence-corrected chi connectivity index (χ1v) is 16.8. The monoisotopic (exact) mass is 549 g/mol. The predicted molar refractivity (Wildman–Crippen MR) is 141 cm³/mol. The molecule has 3 aromatic carbocycles. The second-order valence-corrected chi connectivity index (χ2v) is 16.3. The molecule has 37 heavy (non-hydrogen) atoms. The van der Waals surface area contributed by atoms with E-state index in [9.17, 15) is 26.4 Å². The Labute approximate surface area is 216 Å².